The van der Waals surface area contributed by atoms with E-state index in [9.17, 15) is 14.7 Å². The van der Waals surface area contributed by atoms with Crippen LogP contribution >= 0.6 is 0 Å². The first kappa shape index (κ1) is 19.4. The van der Waals surface area contributed by atoms with E-state index < -0.39 is 23.6 Å². The number of carboxylic acid groups (broad SMARTS) is 1. The van der Waals surface area contributed by atoms with Crippen molar-refractivity contribution in [3.63, 3.8) is 0 Å². The van der Waals surface area contributed by atoms with Gasteiger partial charge in [-0.25, -0.2) is 0 Å². The maximum Gasteiger partial charge on any atom is 0.245 e. The fourth-order valence-corrected chi connectivity index (χ4v) is 3.23. The normalized spacial score (nSPS) is 14.2. The third-order valence-corrected chi connectivity index (χ3v) is 4.72. The molecule has 0 saturated heterocycles. The average Bonchev–Trinajstić information content (AvgIpc) is 3.07. The Balaban J connectivity index is 1.73. The molecule has 0 bridgehead atoms. The molecule has 5 N–H and O–H groups in total. The number of hydrogen-bond donors (Lipinski definition) is 4. The molecule has 7 nitrogen and oxygen atoms in total. The van der Waals surface area contributed by atoms with Crippen molar-refractivity contribution in [2.75, 3.05) is 6.54 Å². The Labute approximate surface area is 162 Å². The molecule has 2 atom stereocenters. The van der Waals surface area contributed by atoms with Crippen LogP contribution in [0.15, 0.2) is 60.7 Å². The SMILES string of the molecule is CC(Cc1cc2ccccc2[nH]1)(NC(=O)[O-])C(=O)NCC(N)c1ccccc1. The fourth-order valence-electron chi connectivity index (χ4n) is 3.23. The lowest BCUT2D eigenvalue weighted by molar-refractivity contribution is -0.252. The highest BCUT2D eigenvalue weighted by atomic mass is 16.4. The largest absolute Gasteiger partial charge is 0.530 e. The Bertz CT molecular complexity index is 937. The number of H-pyrrole nitrogens is 1. The van der Waals surface area contributed by atoms with E-state index in [4.69, 9.17) is 5.73 Å². The van der Waals surface area contributed by atoms with Gasteiger partial charge < -0.3 is 31.3 Å². The van der Waals surface area contributed by atoms with Crippen LogP contribution in [0.3, 0.4) is 0 Å². The zero-order chi connectivity index (χ0) is 20.1. The van der Waals surface area contributed by atoms with Crippen molar-refractivity contribution in [2.45, 2.75) is 24.9 Å². The van der Waals surface area contributed by atoms with E-state index in [1.54, 1.807) is 0 Å². The molecule has 0 fully saturated rings. The Morgan fingerprint density at radius 1 is 1.14 bits per heavy atom. The van der Waals surface area contributed by atoms with Crippen molar-refractivity contribution in [2.24, 2.45) is 5.73 Å². The number of benzene rings is 2. The lowest BCUT2D eigenvalue weighted by Crippen LogP contribution is -2.61. The highest BCUT2D eigenvalue weighted by Gasteiger charge is 2.34. The van der Waals surface area contributed by atoms with E-state index in [-0.39, 0.29) is 13.0 Å². The molecule has 0 radical (unpaired) electrons. The van der Waals surface area contributed by atoms with E-state index in [0.717, 1.165) is 22.2 Å². The Morgan fingerprint density at radius 2 is 1.82 bits per heavy atom. The molecule has 2 unspecified atom stereocenters. The number of aromatic amines is 1. The van der Waals surface area contributed by atoms with E-state index in [1.165, 1.54) is 6.92 Å². The summed E-state index contributed by atoms with van der Waals surface area (Å²) in [6.45, 7) is 1.71. The van der Waals surface area contributed by atoms with Crippen molar-refractivity contribution in [1.82, 2.24) is 15.6 Å². The zero-order valence-corrected chi connectivity index (χ0v) is 15.6. The smallest absolute Gasteiger partial charge is 0.245 e. The van der Waals surface area contributed by atoms with E-state index >= 15 is 0 Å². The molecule has 0 aliphatic carbocycles. The van der Waals surface area contributed by atoms with Crippen molar-refractivity contribution >= 4 is 22.9 Å². The molecule has 1 heterocycles. The van der Waals surface area contributed by atoms with Gasteiger partial charge in [-0.3, -0.25) is 4.79 Å². The van der Waals surface area contributed by atoms with Gasteiger partial charge in [-0.15, -0.1) is 0 Å². The molecule has 7 heteroatoms. The number of amides is 2. The molecule has 0 spiro atoms. The van der Waals surface area contributed by atoms with E-state index in [1.807, 2.05) is 60.7 Å². The van der Waals surface area contributed by atoms with Gasteiger partial charge in [0.05, 0.1) is 0 Å². The van der Waals surface area contributed by atoms with Crippen molar-refractivity contribution in [3.05, 3.63) is 71.9 Å². The molecule has 0 aliphatic heterocycles. The summed E-state index contributed by atoms with van der Waals surface area (Å²) in [5, 5.41) is 17.2. The first-order valence-corrected chi connectivity index (χ1v) is 9.02. The van der Waals surface area contributed by atoms with Crippen LogP contribution in [0.4, 0.5) is 4.79 Å². The van der Waals surface area contributed by atoms with Gasteiger partial charge >= 0.3 is 0 Å². The average molecular weight is 379 g/mol. The topological polar surface area (TPSA) is 123 Å². The molecule has 2 aromatic carbocycles. The second-order valence-electron chi connectivity index (χ2n) is 7.03. The number of nitrogens with two attached hydrogens (primary N) is 1. The molecule has 3 rings (SSSR count). The van der Waals surface area contributed by atoms with Crippen LogP contribution in [0.5, 0.6) is 0 Å². The minimum atomic E-state index is -1.51. The number of aromatic nitrogens is 1. The van der Waals surface area contributed by atoms with Crippen LogP contribution in [0, 0.1) is 0 Å². The number of carbonyl (C=O) groups is 2. The molecule has 2 amide bonds. The van der Waals surface area contributed by atoms with Gasteiger partial charge in [0.25, 0.3) is 0 Å². The molecule has 1 aromatic heterocycles. The Kier molecular flexibility index (Phi) is 5.65. The van der Waals surface area contributed by atoms with Crippen LogP contribution in [-0.4, -0.2) is 29.1 Å². The van der Waals surface area contributed by atoms with Crippen molar-refractivity contribution in [1.29, 1.82) is 0 Å². The van der Waals surface area contributed by atoms with Crippen LogP contribution in [-0.2, 0) is 11.2 Å². The minimum Gasteiger partial charge on any atom is -0.530 e. The third kappa shape index (κ3) is 4.50. The second kappa shape index (κ2) is 8.14. The van der Waals surface area contributed by atoms with Gasteiger partial charge in [-0.2, -0.15) is 0 Å². The van der Waals surface area contributed by atoms with Gasteiger partial charge in [0, 0.05) is 30.2 Å². The summed E-state index contributed by atoms with van der Waals surface area (Å²) < 4.78 is 0. The van der Waals surface area contributed by atoms with Gasteiger partial charge in [-0.1, -0.05) is 48.5 Å². The second-order valence-corrected chi connectivity index (χ2v) is 7.03. The summed E-state index contributed by atoms with van der Waals surface area (Å²) in [4.78, 5) is 27.2. The van der Waals surface area contributed by atoms with Crippen LogP contribution in [0.25, 0.3) is 10.9 Å². The van der Waals surface area contributed by atoms with Crippen LogP contribution in [0.1, 0.15) is 24.2 Å². The highest BCUT2D eigenvalue weighted by Crippen LogP contribution is 2.20. The number of carbonyl (C=O) groups excluding carboxylic acids is 2. The molecule has 0 saturated carbocycles. The van der Waals surface area contributed by atoms with Gasteiger partial charge in [-0.05, 0) is 30.0 Å². The molecular weight excluding hydrogens is 356 g/mol. The van der Waals surface area contributed by atoms with E-state index in [2.05, 4.69) is 15.6 Å². The molecule has 3 aromatic rings. The zero-order valence-electron chi connectivity index (χ0n) is 15.6. The predicted octanol–water partition coefficient (Wildman–Crippen LogP) is 1.22. The standard InChI is InChI=1S/C21H24N4O3/c1-21(25-20(27)28,12-16-11-15-9-5-6-10-18(15)24-16)19(26)23-13-17(22)14-7-3-2-4-8-14/h2-11,17,24-25H,12-13,22H2,1H3,(H,23,26)(H,27,28)/p-1. The maximum absolute atomic E-state index is 12.8. The van der Waals surface area contributed by atoms with Crippen LogP contribution < -0.4 is 21.5 Å². The van der Waals surface area contributed by atoms with Gasteiger partial charge in [0.2, 0.25) is 5.91 Å². The first-order valence-electron chi connectivity index (χ1n) is 9.02. The number of fused-ring (bicyclic) bond motifs is 1. The summed E-state index contributed by atoms with van der Waals surface area (Å²) in [6.07, 6.45) is -1.37. The predicted molar refractivity (Wildman–Crippen MR) is 105 cm³/mol. The number of nitrogens with one attached hydrogen (secondary N) is 3. The van der Waals surface area contributed by atoms with Gasteiger partial charge in [0.15, 0.2) is 0 Å². The summed E-state index contributed by atoms with van der Waals surface area (Å²) in [7, 11) is 0. The van der Waals surface area contributed by atoms with Crippen LogP contribution in [0.2, 0.25) is 0 Å². The third-order valence-electron chi connectivity index (χ3n) is 4.72. The molecule has 28 heavy (non-hydrogen) atoms. The minimum absolute atomic E-state index is 0.141. The lowest BCUT2D eigenvalue weighted by atomic mass is 9.94. The lowest BCUT2D eigenvalue weighted by Gasteiger charge is -2.31. The monoisotopic (exact) mass is 379 g/mol. The molecule has 0 aliphatic rings. The Hall–Kier alpha value is -3.32. The summed E-state index contributed by atoms with van der Waals surface area (Å²) in [5.41, 5.74) is 7.25. The number of rotatable bonds is 7. The van der Waals surface area contributed by atoms with Gasteiger partial charge in [0.1, 0.15) is 11.6 Å². The molecular formula is C21H23N4O3-. The summed E-state index contributed by atoms with van der Waals surface area (Å²) in [6, 6.07) is 18.5. The number of para-hydroxylation sites is 1. The van der Waals surface area contributed by atoms with E-state index in [0.29, 0.717) is 0 Å². The molecule has 146 valence electrons. The summed E-state index contributed by atoms with van der Waals surface area (Å²) in [5.74, 6) is -0.471. The summed E-state index contributed by atoms with van der Waals surface area (Å²) >= 11 is 0. The van der Waals surface area contributed by atoms with Crippen molar-refractivity contribution < 1.29 is 14.7 Å². The number of hydrogen-bond acceptors (Lipinski definition) is 4. The highest BCUT2D eigenvalue weighted by molar-refractivity contribution is 5.89. The first-order chi connectivity index (χ1) is 13.4. The van der Waals surface area contributed by atoms with Crippen molar-refractivity contribution in [3.8, 4) is 0 Å². The quantitative estimate of drug-likeness (QED) is 0.493. The Morgan fingerprint density at radius 3 is 2.50 bits per heavy atom. The maximum atomic E-state index is 12.8. The fraction of sp³-hybridized carbons (Fsp3) is 0.238.